The Bertz CT molecular complexity index is 530. The summed E-state index contributed by atoms with van der Waals surface area (Å²) in [6, 6.07) is 0. The van der Waals surface area contributed by atoms with Crippen LogP contribution in [-0.2, 0) is 5.66 Å². The molecule has 0 atom stereocenters. The predicted molar refractivity (Wildman–Crippen MR) is 82.7 cm³/mol. The van der Waals surface area contributed by atoms with E-state index < -0.39 is 0 Å². The molecule has 0 spiro atoms. The summed E-state index contributed by atoms with van der Waals surface area (Å²) in [5.41, 5.74) is -0.386. The second-order valence-electron chi connectivity index (χ2n) is 5.46. The van der Waals surface area contributed by atoms with Gasteiger partial charge in [-0.3, -0.25) is 0 Å². The number of nitrogens with zero attached hydrogens (tertiary/aromatic N) is 8. The third-order valence-corrected chi connectivity index (χ3v) is 3.74. The van der Waals surface area contributed by atoms with Gasteiger partial charge in [-0.05, 0) is 12.8 Å². The maximum atomic E-state index is 4.58. The summed E-state index contributed by atoms with van der Waals surface area (Å²) in [4.78, 5) is 12.5. The lowest BCUT2D eigenvalue weighted by atomic mass is 10.0. The molecule has 0 aliphatic heterocycles. The molecule has 2 aromatic heterocycles. The molecule has 0 amide bonds. The highest BCUT2D eigenvalue weighted by atomic mass is 15.5. The zero-order valence-electron chi connectivity index (χ0n) is 13.6. The van der Waals surface area contributed by atoms with E-state index in [1.165, 1.54) is 0 Å². The Hall–Kier alpha value is -2.12. The fourth-order valence-corrected chi connectivity index (χ4v) is 2.32. The topological polar surface area (TPSA) is 67.9 Å². The minimum atomic E-state index is -0.386. The van der Waals surface area contributed by atoms with Crippen molar-refractivity contribution in [1.82, 2.24) is 29.5 Å². The summed E-state index contributed by atoms with van der Waals surface area (Å²) >= 11 is 0. The first-order valence-corrected chi connectivity index (χ1v) is 7.13. The molecule has 8 nitrogen and oxygen atoms in total. The van der Waals surface area contributed by atoms with Gasteiger partial charge >= 0.3 is 0 Å². The first kappa shape index (κ1) is 15.3. The molecular formula is C13H24N8. The van der Waals surface area contributed by atoms with Crippen LogP contribution in [0.1, 0.15) is 26.7 Å². The van der Waals surface area contributed by atoms with Crippen LogP contribution in [0.15, 0.2) is 12.7 Å². The van der Waals surface area contributed by atoms with Gasteiger partial charge in [0, 0.05) is 28.2 Å². The van der Waals surface area contributed by atoms with E-state index in [1.807, 2.05) is 47.4 Å². The molecule has 0 unspecified atom stereocenters. The van der Waals surface area contributed by atoms with Gasteiger partial charge in [-0.25, -0.2) is 19.3 Å². The van der Waals surface area contributed by atoms with Crippen molar-refractivity contribution in [1.29, 1.82) is 0 Å². The van der Waals surface area contributed by atoms with Crippen molar-refractivity contribution < 1.29 is 0 Å². The molecule has 2 heterocycles. The molecule has 0 saturated heterocycles. The highest BCUT2D eigenvalue weighted by molar-refractivity contribution is 5.25. The van der Waals surface area contributed by atoms with E-state index in [0.717, 1.165) is 12.8 Å². The van der Waals surface area contributed by atoms with Crippen molar-refractivity contribution >= 4 is 11.9 Å². The van der Waals surface area contributed by atoms with Gasteiger partial charge in [-0.15, -0.1) is 10.2 Å². The Kier molecular flexibility index (Phi) is 4.15. The van der Waals surface area contributed by atoms with Gasteiger partial charge in [0.05, 0.1) is 0 Å². The van der Waals surface area contributed by atoms with Crippen molar-refractivity contribution in [3.63, 3.8) is 0 Å². The lowest BCUT2D eigenvalue weighted by Gasteiger charge is -2.31. The van der Waals surface area contributed by atoms with Crippen LogP contribution in [-0.4, -0.2) is 57.7 Å². The molecule has 116 valence electrons. The smallest absolute Gasteiger partial charge is 0.244 e. The maximum Gasteiger partial charge on any atom is 0.244 e. The number of anilines is 2. The van der Waals surface area contributed by atoms with Gasteiger partial charge in [-0.1, -0.05) is 13.8 Å². The highest BCUT2D eigenvalue weighted by Crippen LogP contribution is 2.27. The molecular weight excluding hydrogens is 268 g/mol. The van der Waals surface area contributed by atoms with Crippen LogP contribution in [0.25, 0.3) is 0 Å². The van der Waals surface area contributed by atoms with Gasteiger partial charge in [0.15, 0.2) is 5.66 Å². The van der Waals surface area contributed by atoms with E-state index in [-0.39, 0.29) is 5.66 Å². The van der Waals surface area contributed by atoms with Crippen molar-refractivity contribution in [2.45, 2.75) is 32.4 Å². The van der Waals surface area contributed by atoms with E-state index in [2.05, 4.69) is 34.0 Å². The first-order valence-electron chi connectivity index (χ1n) is 7.13. The van der Waals surface area contributed by atoms with Crippen molar-refractivity contribution in [2.75, 3.05) is 38.0 Å². The van der Waals surface area contributed by atoms with Gasteiger partial charge < -0.3 is 9.80 Å². The Labute approximate surface area is 125 Å². The Morgan fingerprint density at radius 2 is 1.24 bits per heavy atom. The Balaban J connectivity index is 2.47. The summed E-state index contributed by atoms with van der Waals surface area (Å²) < 4.78 is 3.77. The minimum Gasteiger partial charge on any atom is -0.346 e. The Morgan fingerprint density at radius 3 is 1.48 bits per heavy atom. The molecule has 0 radical (unpaired) electrons. The predicted octanol–water partition coefficient (Wildman–Crippen LogP) is 1.02. The quantitative estimate of drug-likeness (QED) is 0.792. The number of rotatable bonds is 6. The maximum absolute atomic E-state index is 4.58. The lowest BCUT2D eigenvalue weighted by molar-refractivity contribution is 0.163. The van der Waals surface area contributed by atoms with Crippen molar-refractivity contribution in [3.8, 4) is 0 Å². The van der Waals surface area contributed by atoms with Gasteiger partial charge in [0.25, 0.3) is 0 Å². The average molecular weight is 292 g/mol. The molecule has 0 fully saturated rings. The summed E-state index contributed by atoms with van der Waals surface area (Å²) in [6.07, 6.45) is 5.21. The molecule has 8 heteroatoms. The summed E-state index contributed by atoms with van der Waals surface area (Å²) in [6.45, 7) is 4.25. The first-order chi connectivity index (χ1) is 9.94. The van der Waals surface area contributed by atoms with E-state index >= 15 is 0 Å². The van der Waals surface area contributed by atoms with Crippen LogP contribution in [0, 0.1) is 0 Å². The molecule has 21 heavy (non-hydrogen) atoms. The third-order valence-electron chi connectivity index (χ3n) is 3.74. The fraction of sp³-hybridized carbons (Fsp3) is 0.692. The van der Waals surface area contributed by atoms with E-state index in [4.69, 9.17) is 0 Å². The molecule has 0 aliphatic rings. The number of hydrogen-bond donors (Lipinski definition) is 0. The molecule has 0 bridgehead atoms. The van der Waals surface area contributed by atoms with E-state index in [0.29, 0.717) is 11.9 Å². The molecule has 0 aromatic carbocycles. The molecule has 2 aromatic rings. The second-order valence-corrected chi connectivity index (χ2v) is 5.46. The van der Waals surface area contributed by atoms with Crippen LogP contribution >= 0.6 is 0 Å². The monoisotopic (exact) mass is 292 g/mol. The van der Waals surface area contributed by atoms with Crippen molar-refractivity contribution in [3.05, 3.63) is 12.7 Å². The van der Waals surface area contributed by atoms with Gasteiger partial charge in [0.1, 0.15) is 12.7 Å². The summed E-state index contributed by atoms with van der Waals surface area (Å²) in [7, 11) is 7.72. The largest absolute Gasteiger partial charge is 0.346 e. The van der Waals surface area contributed by atoms with Crippen LogP contribution in [0.3, 0.4) is 0 Å². The van der Waals surface area contributed by atoms with Crippen LogP contribution < -0.4 is 9.80 Å². The third kappa shape index (κ3) is 2.57. The number of aromatic nitrogens is 6. The number of hydrogen-bond acceptors (Lipinski definition) is 6. The molecule has 0 aliphatic carbocycles. The normalized spacial score (nSPS) is 11.7. The van der Waals surface area contributed by atoms with Crippen LogP contribution in [0.5, 0.6) is 0 Å². The second kappa shape index (κ2) is 5.71. The van der Waals surface area contributed by atoms with E-state index in [1.54, 1.807) is 12.7 Å². The average Bonchev–Trinajstić information content (AvgIpc) is 3.10. The van der Waals surface area contributed by atoms with Crippen LogP contribution in [0.2, 0.25) is 0 Å². The minimum absolute atomic E-state index is 0.386. The van der Waals surface area contributed by atoms with E-state index in [9.17, 15) is 0 Å². The summed E-state index contributed by atoms with van der Waals surface area (Å²) in [5.74, 6) is 1.38. The Morgan fingerprint density at radius 1 is 0.857 bits per heavy atom. The summed E-state index contributed by atoms with van der Waals surface area (Å²) in [5, 5.41) is 9.17. The van der Waals surface area contributed by atoms with Gasteiger partial charge in [-0.2, -0.15) is 0 Å². The molecule has 0 N–H and O–H groups in total. The van der Waals surface area contributed by atoms with Crippen LogP contribution in [0.4, 0.5) is 11.9 Å². The fourth-order valence-electron chi connectivity index (χ4n) is 2.32. The zero-order chi connectivity index (χ0) is 15.6. The van der Waals surface area contributed by atoms with Gasteiger partial charge in [0.2, 0.25) is 11.9 Å². The molecule has 0 saturated carbocycles. The standard InChI is InChI=1S/C13H24N8/c1-7-13(8-2,20-9-14-11(16-20)18(3)4)21-10-15-12(17-21)19(5)6/h9-10H,7-8H2,1-6H3. The SMILES string of the molecule is CCC(CC)(n1cnc(N(C)C)n1)n1cnc(N(C)C)n1. The highest BCUT2D eigenvalue weighted by Gasteiger charge is 2.33. The zero-order valence-corrected chi connectivity index (χ0v) is 13.6. The van der Waals surface area contributed by atoms with Crippen molar-refractivity contribution in [2.24, 2.45) is 0 Å². The lowest BCUT2D eigenvalue weighted by Crippen LogP contribution is -2.41. The molecule has 2 rings (SSSR count).